The van der Waals surface area contributed by atoms with Crippen molar-refractivity contribution in [3.63, 3.8) is 0 Å². The monoisotopic (exact) mass is 350 g/mol. The average Bonchev–Trinajstić information content (AvgIpc) is 3.30. The zero-order chi connectivity index (χ0) is 16.4. The molecule has 0 fully saturated rings. The first kappa shape index (κ1) is 15.0. The van der Waals surface area contributed by atoms with Gasteiger partial charge in [0.1, 0.15) is 11.2 Å². The number of hydrogen-bond acceptors (Lipinski definition) is 6. The molecule has 3 aromatic heterocycles. The van der Waals surface area contributed by atoms with E-state index in [1.807, 2.05) is 36.6 Å². The Morgan fingerprint density at radius 2 is 1.96 bits per heavy atom. The summed E-state index contributed by atoms with van der Waals surface area (Å²) in [5.74, 6) is 0.731. The molecule has 0 aliphatic rings. The maximum atomic E-state index is 4.46. The smallest absolute Gasteiger partial charge is 0.158 e. The van der Waals surface area contributed by atoms with Crippen LogP contribution in [0.5, 0.6) is 0 Å². The third kappa shape index (κ3) is 2.93. The van der Waals surface area contributed by atoms with Gasteiger partial charge in [-0.15, -0.1) is 22.7 Å². The summed E-state index contributed by atoms with van der Waals surface area (Å²) < 4.78 is 0. The number of hydrazone groups is 1. The van der Waals surface area contributed by atoms with E-state index in [-0.39, 0.29) is 0 Å². The summed E-state index contributed by atoms with van der Waals surface area (Å²) in [5, 5.41) is 7.49. The molecule has 24 heavy (non-hydrogen) atoms. The Hall–Kier alpha value is -2.57. The van der Waals surface area contributed by atoms with E-state index in [2.05, 4.69) is 44.8 Å². The van der Waals surface area contributed by atoms with E-state index >= 15 is 0 Å². The van der Waals surface area contributed by atoms with E-state index in [1.165, 1.54) is 10.4 Å². The molecule has 1 aromatic carbocycles. The van der Waals surface area contributed by atoms with Gasteiger partial charge >= 0.3 is 0 Å². The van der Waals surface area contributed by atoms with Crippen molar-refractivity contribution in [2.45, 2.75) is 6.92 Å². The molecule has 4 aromatic rings. The molecule has 0 spiro atoms. The van der Waals surface area contributed by atoms with E-state index in [4.69, 9.17) is 0 Å². The van der Waals surface area contributed by atoms with E-state index in [0.717, 1.165) is 26.6 Å². The Labute approximate surface area is 147 Å². The molecule has 0 bridgehead atoms. The first-order valence-electron chi connectivity index (χ1n) is 7.45. The number of hydrogen-bond donors (Lipinski definition) is 1. The Morgan fingerprint density at radius 1 is 1.08 bits per heavy atom. The van der Waals surface area contributed by atoms with E-state index < -0.39 is 0 Å². The minimum atomic E-state index is 0.731. The minimum Gasteiger partial charge on any atom is -0.260 e. The van der Waals surface area contributed by atoms with Gasteiger partial charge in [0.2, 0.25) is 0 Å². The SMILES string of the molecule is C/C(=N/Nc1ncnc2sc(-c3ccccc3)cc12)c1cccs1. The first-order valence-corrected chi connectivity index (χ1v) is 9.15. The fourth-order valence-corrected chi connectivity index (χ4v) is 4.05. The quantitative estimate of drug-likeness (QED) is 0.404. The number of fused-ring (bicyclic) bond motifs is 1. The van der Waals surface area contributed by atoms with Gasteiger partial charge in [-0.1, -0.05) is 36.4 Å². The third-order valence-corrected chi connectivity index (χ3v) is 5.67. The Bertz CT molecular complexity index is 988. The van der Waals surface area contributed by atoms with Gasteiger partial charge in [0, 0.05) is 9.75 Å². The molecule has 6 heteroatoms. The molecule has 0 radical (unpaired) electrons. The number of rotatable bonds is 4. The van der Waals surface area contributed by atoms with Crippen LogP contribution in [0.3, 0.4) is 0 Å². The van der Waals surface area contributed by atoms with E-state index in [9.17, 15) is 0 Å². The molecular weight excluding hydrogens is 336 g/mol. The van der Waals surface area contributed by atoms with Crippen LogP contribution in [0.1, 0.15) is 11.8 Å². The summed E-state index contributed by atoms with van der Waals surface area (Å²) in [6.07, 6.45) is 1.58. The van der Waals surface area contributed by atoms with Gasteiger partial charge in [0.15, 0.2) is 5.82 Å². The number of benzene rings is 1. The van der Waals surface area contributed by atoms with Crippen LogP contribution in [0.15, 0.2) is 65.3 Å². The van der Waals surface area contributed by atoms with Crippen LogP contribution >= 0.6 is 22.7 Å². The molecule has 0 saturated heterocycles. The molecule has 0 amide bonds. The van der Waals surface area contributed by atoms with Gasteiger partial charge in [0.05, 0.1) is 11.1 Å². The van der Waals surface area contributed by atoms with Crippen molar-refractivity contribution in [2.24, 2.45) is 5.10 Å². The lowest BCUT2D eigenvalue weighted by atomic mass is 10.2. The van der Waals surface area contributed by atoms with Gasteiger partial charge in [-0.3, -0.25) is 5.43 Å². The second-order valence-corrected chi connectivity index (χ2v) is 7.18. The van der Waals surface area contributed by atoms with Crippen molar-refractivity contribution in [3.8, 4) is 10.4 Å². The van der Waals surface area contributed by atoms with Crippen LogP contribution in [0.2, 0.25) is 0 Å². The molecular formula is C18H14N4S2. The zero-order valence-corrected chi connectivity index (χ0v) is 14.6. The second kappa shape index (κ2) is 6.51. The number of thiophene rings is 2. The standard InChI is InChI=1S/C18H14N4S2/c1-12(15-8-5-9-23-15)21-22-17-14-10-16(13-6-3-2-4-7-13)24-18(14)20-11-19-17/h2-11H,1H3,(H,19,20,22)/b21-12-. The number of nitrogens with one attached hydrogen (secondary N) is 1. The van der Waals surface area contributed by atoms with E-state index in [1.54, 1.807) is 29.0 Å². The van der Waals surface area contributed by atoms with Crippen molar-refractivity contribution in [1.82, 2.24) is 9.97 Å². The topological polar surface area (TPSA) is 50.2 Å². The third-order valence-electron chi connectivity index (χ3n) is 3.59. The summed E-state index contributed by atoms with van der Waals surface area (Å²) in [6.45, 7) is 1.99. The van der Waals surface area contributed by atoms with Gasteiger partial charge in [-0.2, -0.15) is 5.10 Å². The Kier molecular flexibility index (Phi) is 4.06. The van der Waals surface area contributed by atoms with Crippen LogP contribution in [0, 0.1) is 0 Å². The van der Waals surface area contributed by atoms with Gasteiger partial charge in [-0.05, 0) is 30.0 Å². The van der Waals surface area contributed by atoms with Crippen molar-refractivity contribution in [1.29, 1.82) is 0 Å². The molecule has 0 unspecified atom stereocenters. The number of aromatic nitrogens is 2. The normalized spacial score (nSPS) is 11.8. The summed E-state index contributed by atoms with van der Waals surface area (Å²) in [7, 11) is 0. The van der Waals surface area contributed by atoms with Crippen molar-refractivity contribution < 1.29 is 0 Å². The Balaban J connectivity index is 1.69. The van der Waals surface area contributed by atoms with Crippen LogP contribution in [-0.4, -0.2) is 15.7 Å². The van der Waals surface area contributed by atoms with Crippen molar-refractivity contribution >= 4 is 44.4 Å². The summed E-state index contributed by atoms with van der Waals surface area (Å²) >= 11 is 3.33. The molecule has 118 valence electrons. The predicted molar refractivity (Wildman–Crippen MR) is 103 cm³/mol. The molecule has 0 atom stereocenters. The summed E-state index contributed by atoms with van der Waals surface area (Å²) in [4.78, 5) is 12.0. The van der Waals surface area contributed by atoms with Crippen LogP contribution in [0.25, 0.3) is 20.7 Å². The summed E-state index contributed by atoms with van der Waals surface area (Å²) in [5.41, 5.74) is 5.22. The highest BCUT2D eigenvalue weighted by molar-refractivity contribution is 7.21. The zero-order valence-electron chi connectivity index (χ0n) is 12.9. The lowest BCUT2D eigenvalue weighted by Gasteiger charge is -2.02. The van der Waals surface area contributed by atoms with Gasteiger partial charge in [-0.25, -0.2) is 9.97 Å². The second-order valence-electron chi connectivity index (χ2n) is 5.20. The molecule has 0 aliphatic heterocycles. The number of nitrogens with zero attached hydrogens (tertiary/aromatic N) is 3. The van der Waals surface area contributed by atoms with Crippen LogP contribution in [-0.2, 0) is 0 Å². The van der Waals surface area contributed by atoms with Crippen LogP contribution < -0.4 is 5.43 Å². The maximum absolute atomic E-state index is 4.46. The maximum Gasteiger partial charge on any atom is 0.158 e. The van der Waals surface area contributed by atoms with Gasteiger partial charge < -0.3 is 0 Å². The predicted octanol–water partition coefficient (Wildman–Crippen LogP) is 5.26. The molecule has 3 heterocycles. The highest BCUT2D eigenvalue weighted by atomic mass is 32.1. The highest BCUT2D eigenvalue weighted by Crippen LogP contribution is 2.34. The first-order chi connectivity index (χ1) is 11.8. The Morgan fingerprint density at radius 3 is 2.75 bits per heavy atom. The number of anilines is 1. The fourth-order valence-electron chi connectivity index (χ4n) is 2.37. The van der Waals surface area contributed by atoms with Gasteiger partial charge in [0.25, 0.3) is 0 Å². The molecule has 0 saturated carbocycles. The van der Waals surface area contributed by atoms with Crippen molar-refractivity contribution in [3.05, 3.63) is 65.1 Å². The molecule has 0 aliphatic carbocycles. The largest absolute Gasteiger partial charge is 0.260 e. The van der Waals surface area contributed by atoms with E-state index in [0.29, 0.717) is 0 Å². The molecule has 4 nitrogen and oxygen atoms in total. The van der Waals surface area contributed by atoms with Crippen molar-refractivity contribution in [2.75, 3.05) is 5.43 Å². The lowest BCUT2D eigenvalue weighted by Crippen LogP contribution is -1.99. The lowest BCUT2D eigenvalue weighted by molar-refractivity contribution is 1.19. The summed E-state index contributed by atoms with van der Waals surface area (Å²) in [6, 6.07) is 16.5. The fraction of sp³-hybridized carbons (Fsp3) is 0.0556. The molecule has 1 N–H and O–H groups in total. The average molecular weight is 350 g/mol. The van der Waals surface area contributed by atoms with Crippen LogP contribution in [0.4, 0.5) is 5.82 Å². The molecule has 4 rings (SSSR count). The highest BCUT2D eigenvalue weighted by Gasteiger charge is 2.10. The minimum absolute atomic E-state index is 0.731.